The molecule has 0 radical (unpaired) electrons. The smallest absolute Gasteiger partial charge is 0.382 e. The number of pyridine rings is 1. The zero-order chi connectivity index (χ0) is 27.9. The van der Waals surface area contributed by atoms with Gasteiger partial charge in [-0.1, -0.05) is 11.6 Å². The van der Waals surface area contributed by atoms with Crippen LogP contribution in [0.3, 0.4) is 0 Å². The molecule has 0 aliphatic heterocycles. The van der Waals surface area contributed by atoms with E-state index in [1.807, 2.05) is 0 Å². The highest BCUT2D eigenvalue weighted by Gasteiger charge is 2.40. The molecule has 0 saturated heterocycles. The molecule has 3 atom stereocenters. The third-order valence-corrected chi connectivity index (χ3v) is 6.12. The predicted molar refractivity (Wildman–Crippen MR) is 128 cm³/mol. The van der Waals surface area contributed by atoms with Gasteiger partial charge in [0.2, 0.25) is 0 Å². The van der Waals surface area contributed by atoms with Gasteiger partial charge in [-0.15, -0.1) is 10.2 Å². The highest BCUT2D eigenvalue weighted by Crippen LogP contribution is 2.26. The lowest BCUT2D eigenvalue weighted by Gasteiger charge is -2.15. The number of carbonyl (C=O) groups excluding carboxylic acids is 1. The SMILES string of the molecule is O=C(NC1CC1F)c1cccnc1-n1cnc(Cn2nc(-c3ccc(Cl)cc3)n(CC(O)C(F)(F)F)c2=O)n1. The van der Waals surface area contributed by atoms with Crippen molar-refractivity contribution in [2.24, 2.45) is 0 Å². The van der Waals surface area contributed by atoms with Gasteiger partial charge in [-0.05, 0) is 36.4 Å². The van der Waals surface area contributed by atoms with Gasteiger partial charge in [0.1, 0.15) is 19.0 Å². The number of halogens is 5. The van der Waals surface area contributed by atoms with Gasteiger partial charge >= 0.3 is 11.9 Å². The fourth-order valence-corrected chi connectivity index (χ4v) is 3.85. The number of aliphatic hydroxyl groups excluding tert-OH is 1. The number of amides is 1. The van der Waals surface area contributed by atoms with E-state index in [9.17, 15) is 32.3 Å². The maximum Gasteiger partial charge on any atom is 0.416 e. The average Bonchev–Trinajstić information content (AvgIpc) is 3.26. The molecule has 11 nitrogen and oxygen atoms in total. The third kappa shape index (κ3) is 5.68. The first-order valence-corrected chi connectivity index (χ1v) is 11.9. The molecule has 5 rings (SSSR count). The Morgan fingerprint density at radius 1 is 1.18 bits per heavy atom. The molecule has 2 N–H and O–H groups in total. The lowest BCUT2D eigenvalue weighted by Crippen LogP contribution is -2.37. The van der Waals surface area contributed by atoms with Crippen LogP contribution < -0.4 is 11.0 Å². The summed E-state index contributed by atoms with van der Waals surface area (Å²) in [6, 6.07) is 8.33. The summed E-state index contributed by atoms with van der Waals surface area (Å²) in [5.41, 5.74) is -0.540. The number of aliphatic hydroxyl groups is 1. The van der Waals surface area contributed by atoms with Gasteiger partial charge in [0.25, 0.3) is 5.91 Å². The number of nitrogens with zero attached hydrogens (tertiary/aromatic N) is 7. The van der Waals surface area contributed by atoms with E-state index in [-0.39, 0.29) is 36.0 Å². The molecule has 0 spiro atoms. The van der Waals surface area contributed by atoms with E-state index in [4.69, 9.17) is 11.6 Å². The maximum absolute atomic E-state index is 13.2. The van der Waals surface area contributed by atoms with Crippen molar-refractivity contribution >= 4 is 17.5 Å². The molecule has 1 saturated carbocycles. The lowest BCUT2D eigenvalue weighted by atomic mass is 10.2. The summed E-state index contributed by atoms with van der Waals surface area (Å²) in [7, 11) is 0. The molecule has 3 aromatic heterocycles. The van der Waals surface area contributed by atoms with Crippen molar-refractivity contribution in [1.82, 2.24) is 39.4 Å². The fourth-order valence-electron chi connectivity index (χ4n) is 3.72. The molecular weight excluding hydrogens is 548 g/mol. The molecule has 1 aliphatic rings. The highest BCUT2D eigenvalue weighted by atomic mass is 35.5. The summed E-state index contributed by atoms with van der Waals surface area (Å²) in [6.45, 7) is -1.43. The minimum absolute atomic E-state index is 0.0313. The molecule has 1 fully saturated rings. The van der Waals surface area contributed by atoms with Gasteiger partial charge in [0.15, 0.2) is 23.6 Å². The number of benzene rings is 1. The molecule has 3 heterocycles. The first-order valence-electron chi connectivity index (χ1n) is 11.5. The van der Waals surface area contributed by atoms with Crippen molar-refractivity contribution in [3.63, 3.8) is 0 Å². The molecule has 16 heteroatoms. The number of rotatable bonds is 8. The van der Waals surface area contributed by atoms with E-state index in [1.165, 1.54) is 53.6 Å². The quantitative estimate of drug-likeness (QED) is 0.312. The fraction of sp³-hybridized carbons (Fsp3) is 0.304. The Morgan fingerprint density at radius 3 is 2.56 bits per heavy atom. The van der Waals surface area contributed by atoms with Crippen molar-refractivity contribution in [2.45, 2.75) is 44.0 Å². The van der Waals surface area contributed by atoms with E-state index >= 15 is 0 Å². The van der Waals surface area contributed by atoms with E-state index in [0.29, 0.717) is 15.2 Å². The van der Waals surface area contributed by atoms with Crippen molar-refractivity contribution in [2.75, 3.05) is 0 Å². The van der Waals surface area contributed by atoms with Gasteiger partial charge in [-0.2, -0.15) is 13.2 Å². The van der Waals surface area contributed by atoms with Crippen LogP contribution in [-0.2, 0) is 13.1 Å². The number of hydrogen-bond acceptors (Lipinski definition) is 7. The van der Waals surface area contributed by atoms with Gasteiger partial charge in [-0.25, -0.2) is 28.5 Å². The number of nitrogens with one attached hydrogen (secondary N) is 1. The predicted octanol–water partition coefficient (Wildman–Crippen LogP) is 2.15. The number of hydrogen-bond donors (Lipinski definition) is 2. The third-order valence-electron chi connectivity index (χ3n) is 5.87. The Kier molecular flexibility index (Phi) is 6.94. The van der Waals surface area contributed by atoms with Crippen LogP contribution in [0.2, 0.25) is 5.02 Å². The minimum atomic E-state index is -4.96. The minimum Gasteiger partial charge on any atom is -0.382 e. The Bertz CT molecular complexity index is 1570. The molecule has 204 valence electrons. The van der Waals surface area contributed by atoms with Crippen LogP contribution in [0.4, 0.5) is 17.6 Å². The second kappa shape index (κ2) is 10.2. The molecule has 39 heavy (non-hydrogen) atoms. The second-order valence-corrected chi connectivity index (χ2v) is 9.19. The summed E-state index contributed by atoms with van der Waals surface area (Å²) in [6.07, 6.45) is -5.99. The molecule has 3 unspecified atom stereocenters. The van der Waals surface area contributed by atoms with Crippen molar-refractivity contribution in [3.8, 4) is 17.2 Å². The maximum atomic E-state index is 13.2. The van der Waals surface area contributed by atoms with Crippen molar-refractivity contribution < 1.29 is 27.5 Å². The summed E-state index contributed by atoms with van der Waals surface area (Å²) < 4.78 is 55.2. The van der Waals surface area contributed by atoms with Crippen LogP contribution in [0.25, 0.3) is 17.2 Å². The average molecular weight is 567 g/mol. The van der Waals surface area contributed by atoms with Crippen LogP contribution in [0.15, 0.2) is 53.7 Å². The number of aromatic nitrogens is 7. The first-order chi connectivity index (χ1) is 18.5. The van der Waals surface area contributed by atoms with E-state index < -0.39 is 42.6 Å². The summed E-state index contributed by atoms with van der Waals surface area (Å²) in [5.74, 6) is -0.554. The Morgan fingerprint density at radius 2 is 1.90 bits per heavy atom. The van der Waals surface area contributed by atoms with Crippen LogP contribution >= 0.6 is 11.6 Å². The zero-order valence-corrected chi connectivity index (χ0v) is 20.5. The van der Waals surface area contributed by atoms with Gasteiger partial charge in [-0.3, -0.25) is 9.36 Å². The number of alkyl halides is 4. The molecule has 4 aromatic rings. The molecule has 1 amide bonds. The van der Waals surface area contributed by atoms with Crippen LogP contribution in [-0.4, -0.2) is 69.6 Å². The van der Waals surface area contributed by atoms with Crippen molar-refractivity contribution in [1.29, 1.82) is 0 Å². The van der Waals surface area contributed by atoms with E-state index in [2.05, 4.69) is 25.5 Å². The normalized spacial score (nSPS) is 17.7. The zero-order valence-electron chi connectivity index (χ0n) is 19.8. The Balaban J connectivity index is 1.44. The monoisotopic (exact) mass is 566 g/mol. The number of carbonyl (C=O) groups is 1. The standard InChI is InChI=1S/C23H19ClF4N8O3/c24-13-5-3-12(4-6-13)19-33-35(22(39)34(19)9-17(37)23(26,27)28)10-18-30-11-36(32-18)20-14(2-1-7-29-20)21(38)31-16-8-15(16)25/h1-7,11,15-17,37H,8-10H2,(H,31,38). The van der Waals surface area contributed by atoms with Crippen LogP contribution in [0.1, 0.15) is 22.6 Å². The van der Waals surface area contributed by atoms with Crippen molar-refractivity contribution in [3.05, 3.63) is 75.8 Å². The summed E-state index contributed by atoms with van der Waals surface area (Å²) >= 11 is 5.90. The molecule has 0 bridgehead atoms. The summed E-state index contributed by atoms with van der Waals surface area (Å²) in [4.78, 5) is 33.9. The largest absolute Gasteiger partial charge is 0.416 e. The van der Waals surface area contributed by atoms with Gasteiger partial charge in [0, 0.05) is 23.2 Å². The second-order valence-electron chi connectivity index (χ2n) is 8.75. The van der Waals surface area contributed by atoms with E-state index in [1.54, 1.807) is 0 Å². The Labute approximate surface area is 221 Å². The highest BCUT2D eigenvalue weighted by molar-refractivity contribution is 6.30. The van der Waals surface area contributed by atoms with Gasteiger partial charge in [0.05, 0.1) is 18.2 Å². The molecule has 1 aliphatic carbocycles. The summed E-state index contributed by atoms with van der Waals surface area (Å²) in [5, 5.41) is 20.9. The van der Waals surface area contributed by atoms with Crippen LogP contribution in [0, 0.1) is 0 Å². The van der Waals surface area contributed by atoms with Gasteiger partial charge < -0.3 is 10.4 Å². The topological polar surface area (TPSA) is 133 Å². The lowest BCUT2D eigenvalue weighted by molar-refractivity contribution is -0.207. The van der Waals surface area contributed by atoms with Crippen LogP contribution in [0.5, 0.6) is 0 Å². The first kappa shape index (κ1) is 26.5. The van der Waals surface area contributed by atoms with E-state index in [0.717, 1.165) is 4.68 Å². The molecular formula is C23H19ClF4N8O3. The Hall–Kier alpha value is -4.11. The molecule has 1 aromatic carbocycles.